The summed E-state index contributed by atoms with van der Waals surface area (Å²) in [6, 6.07) is 6.94. The topological polar surface area (TPSA) is 24.7 Å². The van der Waals surface area contributed by atoms with Crippen LogP contribution in [0.15, 0.2) is 58.8 Å². The van der Waals surface area contributed by atoms with Crippen molar-refractivity contribution in [3.05, 3.63) is 59.7 Å². The van der Waals surface area contributed by atoms with Crippen molar-refractivity contribution in [2.45, 2.75) is 99.5 Å². The second kappa shape index (κ2) is 13.8. The van der Waals surface area contributed by atoms with E-state index in [2.05, 4.69) is 17.2 Å². The van der Waals surface area contributed by atoms with Gasteiger partial charge in [0.15, 0.2) is 0 Å². The molecule has 47 heavy (non-hydrogen) atoms. The summed E-state index contributed by atoms with van der Waals surface area (Å²) in [7, 11) is 0. The molecule has 266 valence electrons. The zero-order valence-electron chi connectivity index (χ0n) is 23.9. The van der Waals surface area contributed by atoms with E-state index in [-0.39, 0.29) is 17.8 Å². The van der Waals surface area contributed by atoms with Gasteiger partial charge in [-0.2, -0.15) is 84.9 Å². The molecule has 0 unspecified atom stereocenters. The molecule has 2 rings (SSSR count). The molecule has 2 nitrogen and oxygen atoms in total. The van der Waals surface area contributed by atoms with Crippen LogP contribution >= 0.6 is 0 Å². The minimum Gasteiger partial charge on any atom is -0.194 e. The number of rotatable bonds is 16. The predicted molar refractivity (Wildman–Crippen MR) is 134 cm³/mol. The molecule has 0 fully saturated rings. The molecule has 0 aliphatic rings. The number of aryl methyl sites for hydroxylation is 1. The van der Waals surface area contributed by atoms with Gasteiger partial charge in [0.1, 0.15) is 0 Å². The Bertz CT molecular complexity index is 1330. The Kier molecular flexibility index (Phi) is 11.7. The van der Waals surface area contributed by atoms with Crippen LogP contribution in [0.25, 0.3) is 0 Å². The first-order chi connectivity index (χ1) is 21.2. The van der Waals surface area contributed by atoms with E-state index in [1.807, 2.05) is 0 Å². The summed E-state index contributed by atoms with van der Waals surface area (Å²) in [4.78, 5) is 0. The van der Waals surface area contributed by atoms with Crippen LogP contribution < -0.4 is 0 Å². The molecule has 0 aromatic heterocycles. The van der Waals surface area contributed by atoms with Gasteiger partial charge in [-0.1, -0.05) is 63.3 Å². The molecule has 0 atom stereocenters. The third-order valence-corrected chi connectivity index (χ3v) is 6.99. The molecule has 0 saturated carbocycles. The summed E-state index contributed by atoms with van der Waals surface area (Å²) in [5.74, 6) is -56.8. The minimum atomic E-state index is -8.67. The van der Waals surface area contributed by atoms with Crippen molar-refractivity contribution >= 4 is 11.4 Å². The van der Waals surface area contributed by atoms with E-state index in [9.17, 15) is 74.6 Å². The quantitative estimate of drug-likeness (QED) is 0.0941. The Hall–Kier alpha value is -3.15. The number of hydrogen-bond donors (Lipinski definition) is 0. The highest BCUT2D eigenvalue weighted by Gasteiger charge is 2.95. The Morgan fingerprint density at radius 1 is 0.426 bits per heavy atom. The average Bonchev–Trinajstić information content (AvgIpc) is 2.97. The molecule has 0 amide bonds. The fraction of sp³-hybridized carbons (Fsp3) is 0.571. The maximum Gasteiger partial charge on any atom is 0.460 e. The van der Waals surface area contributed by atoms with E-state index < -0.39 is 58.9 Å². The smallest absolute Gasteiger partial charge is 0.194 e. The molecule has 0 bridgehead atoms. The number of halogens is 17. The van der Waals surface area contributed by atoms with Crippen molar-refractivity contribution in [3.8, 4) is 0 Å². The first-order valence-electron chi connectivity index (χ1n) is 13.6. The van der Waals surface area contributed by atoms with Crippen molar-refractivity contribution in [1.82, 2.24) is 0 Å². The Balaban J connectivity index is 2.27. The summed E-state index contributed by atoms with van der Waals surface area (Å²) in [6.07, 6.45) is -0.649. The Morgan fingerprint density at radius 3 is 1.21 bits per heavy atom. The van der Waals surface area contributed by atoms with Crippen LogP contribution in [0.1, 0.15) is 56.6 Å². The average molecular weight is 712 g/mol. The third-order valence-electron chi connectivity index (χ3n) is 6.99. The number of benzene rings is 2. The molecule has 0 saturated heterocycles. The van der Waals surface area contributed by atoms with E-state index >= 15 is 0 Å². The van der Waals surface area contributed by atoms with Crippen LogP contribution in [-0.2, 0) is 12.3 Å². The van der Waals surface area contributed by atoms with Gasteiger partial charge in [-0.25, -0.2) is 0 Å². The van der Waals surface area contributed by atoms with Crippen LogP contribution in [0.5, 0.6) is 0 Å². The number of unbranched alkanes of at least 4 members (excludes halogenated alkanes) is 5. The van der Waals surface area contributed by atoms with E-state index in [0.717, 1.165) is 50.5 Å². The van der Waals surface area contributed by atoms with Crippen molar-refractivity contribution in [2.24, 2.45) is 10.2 Å². The summed E-state index contributed by atoms with van der Waals surface area (Å²) in [6.45, 7) is 2.09. The van der Waals surface area contributed by atoms with E-state index in [4.69, 9.17) is 0 Å². The standard InChI is InChI=1S/C28H25F17N2/c1-2-3-4-5-6-7-8-17-9-13-19(14-10-17)46-47-20-15-11-18(12-16-20)21(29,30)22(31,32)23(33,34)24(35,36)25(37,38)26(39,40)27(41,42)28(43,44)45/h9-16H,2-8H2,1H3. The number of hydrogen-bond acceptors (Lipinski definition) is 2. The van der Waals surface area contributed by atoms with Crippen LogP contribution in [-0.4, -0.2) is 41.7 Å². The highest BCUT2D eigenvalue weighted by atomic mass is 19.4. The van der Waals surface area contributed by atoms with Crippen LogP contribution in [0, 0.1) is 0 Å². The molecule has 0 aliphatic carbocycles. The Morgan fingerprint density at radius 2 is 0.787 bits per heavy atom. The summed E-state index contributed by atoms with van der Waals surface area (Å²) in [5, 5.41) is 7.29. The van der Waals surface area contributed by atoms with Crippen molar-refractivity contribution in [3.63, 3.8) is 0 Å². The van der Waals surface area contributed by atoms with Crippen molar-refractivity contribution < 1.29 is 74.6 Å². The van der Waals surface area contributed by atoms with Gasteiger partial charge in [0, 0.05) is 5.56 Å². The zero-order valence-corrected chi connectivity index (χ0v) is 23.9. The summed E-state index contributed by atoms with van der Waals surface area (Å²) < 4.78 is 230. The maximum atomic E-state index is 14.5. The molecule has 0 heterocycles. The largest absolute Gasteiger partial charge is 0.460 e. The molecule has 0 radical (unpaired) electrons. The lowest BCUT2D eigenvalue weighted by atomic mass is 9.87. The highest BCUT2D eigenvalue weighted by Crippen LogP contribution is 2.65. The normalized spacial score (nSPS) is 14.7. The second-order valence-electron chi connectivity index (χ2n) is 10.4. The molecular weight excluding hydrogens is 687 g/mol. The van der Waals surface area contributed by atoms with E-state index in [0.29, 0.717) is 12.1 Å². The lowest BCUT2D eigenvalue weighted by molar-refractivity contribution is -0.462. The van der Waals surface area contributed by atoms with Gasteiger partial charge in [0.25, 0.3) is 0 Å². The van der Waals surface area contributed by atoms with Gasteiger partial charge in [-0.3, -0.25) is 0 Å². The van der Waals surface area contributed by atoms with Crippen LogP contribution in [0.2, 0.25) is 0 Å². The van der Waals surface area contributed by atoms with E-state index in [1.54, 1.807) is 12.1 Å². The molecule has 0 spiro atoms. The summed E-state index contributed by atoms with van der Waals surface area (Å²) >= 11 is 0. The number of nitrogens with zero attached hydrogens (tertiary/aromatic N) is 2. The SMILES string of the molecule is CCCCCCCCc1ccc(N=Nc2ccc(C(F)(F)C(F)(F)C(F)(F)C(F)(F)C(F)(F)C(F)(F)C(F)(F)C(F)(F)F)cc2)cc1. The lowest BCUT2D eigenvalue weighted by Crippen LogP contribution is -2.74. The van der Waals surface area contributed by atoms with Crippen molar-refractivity contribution in [2.75, 3.05) is 0 Å². The fourth-order valence-electron chi connectivity index (χ4n) is 4.04. The molecule has 2 aromatic carbocycles. The highest BCUT2D eigenvalue weighted by molar-refractivity contribution is 5.43. The molecule has 2 aromatic rings. The first kappa shape index (κ1) is 40.0. The third kappa shape index (κ3) is 7.32. The molecule has 19 heteroatoms. The zero-order chi connectivity index (χ0) is 36.3. The lowest BCUT2D eigenvalue weighted by Gasteiger charge is -2.42. The first-order valence-corrected chi connectivity index (χ1v) is 13.6. The minimum absolute atomic E-state index is 0.134. The van der Waals surface area contributed by atoms with Gasteiger partial charge in [0.2, 0.25) is 0 Å². The van der Waals surface area contributed by atoms with Gasteiger partial charge >= 0.3 is 47.6 Å². The summed E-state index contributed by atoms with van der Waals surface area (Å²) in [5.41, 5.74) is -1.59. The van der Waals surface area contributed by atoms with Gasteiger partial charge in [0.05, 0.1) is 11.4 Å². The molecule has 0 aliphatic heterocycles. The van der Waals surface area contributed by atoms with Crippen LogP contribution in [0.4, 0.5) is 86.0 Å². The predicted octanol–water partition coefficient (Wildman–Crippen LogP) is 12.5. The maximum absolute atomic E-state index is 14.5. The molecular formula is C28H25F17N2. The van der Waals surface area contributed by atoms with Crippen molar-refractivity contribution in [1.29, 1.82) is 0 Å². The monoisotopic (exact) mass is 712 g/mol. The number of alkyl halides is 17. The van der Waals surface area contributed by atoms with Crippen LogP contribution in [0.3, 0.4) is 0 Å². The molecule has 0 N–H and O–H groups in total. The fourth-order valence-corrected chi connectivity index (χ4v) is 4.04. The van der Waals surface area contributed by atoms with E-state index in [1.165, 1.54) is 12.1 Å². The van der Waals surface area contributed by atoms with Gasteiger partial charge in [-0.15, -0.1) is 0 Å². The number of azo groups is 1. The van der Waals surface area contributed by atoms with Gasteiger partial charge < -0.3 is 0 Å². The van der Waals surface area contributed by atoms with Gasteiger partial charge in [-0.05, 0) is 42.7 Å². The second-order valence-corrected chi connectivity index (χ2v) is 10.4. The Labute approximate surface area is 256 Å².